The molecule has 0 spiro atoms. The van der Waals surface area contributed by atoms with E-state index in [0.717, 1.165) is 12.8 Å². The van der Waals surface area contributed by atoms with Gasteiger partial charge in [0.05, 0.1) is 29.1 Å². The minimum Gasteiger partial charge on any atom is -0.493 e. The smallest absolute Gasteiger partial charge is 0.341 e. The number of ether oxygens (including phenoxy) is 3. The van der Waals surface area contributed by atoms with Crippen molar-refractivity contribution in [2.75, 3.05) is 27.4 Å². The van der Waals surface area contributed by atoms with Gasteiger partial charge < -0.3 is 23.9 Å². The summed E-state index contributed by atoms with van der Waals surface area (Å²) in [6.45, 7) is 2.54. The second-order valence-corrected chi connectivity index (χ2v) is 10.6. The normalized spacial score (nSPS) is 18.5. The molecule has 1 aliphatic carbocycles. The summed E-state index contributed by atoms with van der Waals surface area (Å²) in [5.74, 6) is -0.971. The lowest BCUT2D eigenvalue weighted by Gasteiger charge is -2.29. The Morgan fingerprint density at radius 3 is 2.48 bits per heavy atom. The maximum Gasteiger partial charge on any atom is 0.341 e. The van der Waals surface area contributed by atoms with Crippen molar-refractivity contribution >= 4 is 15.8 Å². The molecule has 0 amide bonds. The number of methoxy groups -OCH3 is 2. The van der Waals surface area contributed by atoms with Gasteiger partial charge in [0.15, 0.2) is 9.84 Å². The first-order valence-electron chi connectivity index (χ1n) is 10.8. The van der Waals surface area contributed by atoms with Crippen LogP contribution in [0.1, 0.15) is 59.0 Å². The number of sulfone groups is 1. The van der Waals surface area contributed by atoms with Crippen LogP contribution < -0.4 is 10.3 Å². The van der Waals surface area contributed by atoms with Gasteiger partial charge in [-0.1, -0.05) is 0 Å². The highest BCUT2D eigenvalue weighted by molar-refractivity contribution is 7.92. The summed E-state index contributed by atoms with van der Waals surface area (Å²) in [7, 11) is -0.734. The van der Waals surface area contributed by atoms with Crippen molar-refractivity contribution in [2.45, 2.75) is 49.0 Å². The van der Waals surface area contributed by atoms with Crippen LogP contribution >= 0.6 is 0 Å². The predicted molar refractivity (Wildman–Crippen MR) is 120 cm³/mol. The van der Waals surface area contributed by atoms with Crippen molar-refractivity contribution in [3.05, 3.63) is 45.2 Å². The Kier molecular flexibility index (Phi) is 6.35. The summed E-state index contributed by atoms with van der Waals surface area (Å²) >= 11 is 0. The lowest BCUT2D eigenvalue weighted by atomic mass is 9.98. The van der Waals surface area contributed by atoms with Crippen molar-refractivity contribution < 1.29 is 32.5 Å². The molecule has 1 fully saturated rings. The fourth-order valence-corrected chi connectivity index (χ4v) is 5.89. The Hall–Kier alpha value is -2.69. The van der Waals surface area contributed by atoms with Crippen LogP contribution in [-0.2, 0) is 25.9 Å². The van der Waals surface area contributed by atoms with Gasteiger partial charge in [-0.2, -0.15) is 0 Å². The zero-order valence-corrected chi connectivity index (χ0v) is 19.6. The van der Waals surface area contributed by atoms with Crippen LogP contribution in [0.3, 0.4) is 0 Å². The van der Waals surface area contributed by atoms with E-state index < -0.39 is 32.2 Å². The van der Waals surface area contributed by atoms with Crippen molar-refractivity contribution in [3.63, 3.8) is 0 Å². The van der Waals surface area contributed by atoms with E-state index in [4.69, 9.17) is 14.2 Å². The summed E-state index contributed by atoms with van der Waals surface area (Å²) in [5, 5.41) is 8.56. The number of pyridine rings is 1. The number of aromatic carboxylic acids is 1. The number of carboxylic acids is 1. The number of hydrogen-bond donors (Lipinski definition) is 1. The zero-order chi connectivity index (χ0) is 23.9. The lowest BCUT2D eigenvalue weighted by Crippen LogP contribution is -2.32. The molecule has 0 radical (unpaired) electrons. The Morgan fingerprint density at radius 1 is 1.15 bits per heavy atom. The minimum absolute atomic E-state index is 0.0703. The highest BCUT2D eigenvalue weighted by Crippen LogP contribution is 2.49. The molecule has 0 bridgehead atoms. The lowest BCUT2D eigenvalue weighted by molar-refractivity contribution is 0.0694. The van der Waals surface area contributed by atoms with Gasteiger partial charge >= 0.3 is 5.97 Å². The highest BCUT2D eigenvalue weighted by atomic mass is 32.2. The van der Waals surface area contributed by atoms with E-state index in [-0.39, 0.29) is 17.5 Å². The molecule has 2 aliphatic rings. The molecule has 2 aromatic rings. The minimum atomic E-state index is -3.85. The van der Waals surface area contributed by atoms with Crippen molar-refractivity contribution in [3.8, 4) is 17.0 Å². The van der Waals surface area contributed by atoms with Crippen LogP contribution in [0.4, 0.5) is 0 Å². The molecule has 1 unspecified atom stereocenters. The Morgan fingerprint density at radius 2 is 1.88 bits per heavy atom. The molecule has 33 heavy (non-hydrogen) atoms. The van der Waals surface area contributed by atoms with Crippen molar-refractivity contribution in [1.82, 2.24) is 4.57 Å². The Balaban J connectivity index is 1.98. The predicted octanol–water partition coefficient (Wildman–Crippen LogP) is 2.96. The molecule has 10 heteroatoms. The molecule has 0 saturated heterocycles. The van der Waals surface area contributed by atoms with Gasteiger partial charge in [-0.05, 0) is 43.5 Å². The molecule has 1 N–H and O–H groups in total. The van der Waals surface area contributed by atoms with Gasteiger partial charge in [-0.25, -0.2) is 13.2 Å². The molecule has 2 heterocycles. The molecule has 1 atom stereocenters. The van der Waals surface area contributed by atoms with Crippen LogP contribution in [0, 0.1) is 0 Å². The quantitative estimate of drug-likeness (QED) is 0.547. The molecule has 9 nitrogen and oxygen atoms in total. The third-order valence-electron chi connectivity index (χ3n) is 6.08. The highest BCUT2D eigenvalue weighted by Gasteiger charge is 2.41. The first-order valence-corrected chi connectivity index (χ1v) is 12.3. The number of hydrogen-bond acceptors (Lipinski definition) is 7. The van der Waals surface area contributed by atoms with Crippen LogP contribution in [0.2, 0.25) is 0 Å². The number of nitrogens with zero attached hydrogens (tertiary/aromatic N) is 1. The molecule has 1 aromatic heterocycles. The summed E-state index contributed by atoms with van der Waals surface area (Å²) in [6.07, 6.45) is 2.10. The van der Waals surface area contributed by atoms with Gasteiger partial charge in [-0.15, -0.1) is 0 Å². The van der Waals surface area contributed by atoms with E-state index in [1.54, 1.807) is 13.2 Å². The molecular formula is C23H27NO8S. The maximum atomic E-state index is 13.5. The molecule has 1 aliphatic heterocycles. The molecule has 1 aromatic carbocycles. The van der Waals surface area contributed by atoms with Gasteiger partial charge in [0.25, 0.3) is 5.56 Å². The fourth-order valence-electron chi connectivity index (χ4n) is 4.26. The van der Waals surface area contributed by atoms with Crippen LogP contribution in [0.25, 0.3) is 11.3 Å². The van der Waals surface area contributed by atoms with E-state index in [1.165, 1.54) is 30.7 Å². The van der Waals surface area contributed by atoms with Crippen LogP contribution in [-0.4, -0.2) is 51.5 Å². The summed E-state index contributed by atoms with van der Waals surface area (Å²) in [6, 6.07) is 4.25. The monoisotopic (exact) mass is 477 g/mol. The van der Waals surface area contributed by atoms with E-state index in [9.17, 15) is 23.1 Å². The summed E-state index contributed by atoms with van der Waals surface area (Å²) in [4.78, 5) is 24.9. The standard InChI is InChI=1S/C23H27NO8S/c1-13-16-10-18(23(26)27)22(25)24(15-5-6-15)21(16)17-9-14(12-31-3)19(32-8-4-7-30-2)11-20(17)33(13,28)29/h9-11,13,15H,4-8,12H2,1-3H3,(H,26,27). The molecule has 1 saturated carbocycles. The Bertz CT molecular complexity index is 1260. The zero-order valence-electron chi connectivity index (χ0n) is 18.8. The largest absolute Gasteiger partial charge is 0.493 e. The number of fused-ring (bicyclic) bond motifs is 3. The van der Waals surface area contributed by atoms with Crippen molar-refractivity contribution in [1.29, 1.82) is 0 Å². The number of carbonyl (C=O) groups is 1. The van der Waals surface area contributed by atoms with Gasteiger partial charge in [0, 0.05) is 44.4 Å². The van der Waals surface area contributed by atoms with Gasteiger partial charge in [0.1, 0.15) is 11.3 Å². The number of aromatic nitrogens is 1. The van der Waals surface area contributed by atoms with Crippen LogP contribution in [0.5, 0.6) is 5.75 Å². The SMILES string of the molecule is COCCCOc1cc2c(cc1COC)-c1c(cc(C(=O)O)c(=O)n1C1CC1)C(C)S2(=O)=O. The van der Waals surface area contributed by atoms with Crippen molar-refractivity contribution in [2.24, 2.45) is 0 Å². The van der Waals surface area contributed by atoms with E-state index in [1.807, 2.05) is 0 Å². The molecule has 4 rings (SSSR count). The van der Waals surface area contributed by atoms with E-state index in [2.05, 4.69) is 0 Å². The average Bonchev–Trinajstić information content (AvgIpc) is 3.60. The second kappa shape index (κ2) is 8.92. The van der Waals surface area contributed by atoms with Gasteiger partial charge in [0.2, 0.25) is 0 Å². The first kappa shape index (κ1) is 23.5. The summed E-state index contributed by atoms with van der Waals surface area (Å²) < 4.78 is 44.7. The summed E-state index contributed by atoms with van der Waals surface area (Å²) in [5.41, 5.74) is 0.772. The molecule has 178 valence electrons. The van der Waals surface area contributed by atoms with E-state index >= 15 is 0 Å². The number of benzene rings is 1. The Labute approximate surface area is 191 Å². The van der Waals surface area contributed by atoms with Gasteiger partial charge in [-0.3, -0.25) is 4.79 Å². The third-order valence-corrected chi connectivity index (χ3v) is 8.22. The number of carboxylic acid groups (broad SMARTS) is 1. The molecular weight excluding hydrogens is 450 g/mol. The fraction of sp³-hybridized carbons (Fsp3) is 0.478. The average molecular weight is 478 g/mol. The third kappa shape index (κ3) is 4.07. The van der Waals surface area contributed by atoms with Crippen LogP contribution in [0.15, 0.2) is 27.9 Å². The maximum absolute atomic E-state index is 13.5. The number of rotatable bonds is 9. The first-order chi connectivity index (χ1) is 15.7. The van der Waals surface area contributed by atoms with E-state index in [0.29, 0.717) is 47.8 Å². The topological polar surface area (TPSA) is 121 Å². The second-order valence-electron chi connectivity index (χ2n) is 8.34.